The van der Waals surface area contributed by atoms with Crippen LogP contribution in [0.15, 0.2) is 55.0 Å². The number of carbonyl (C=O) groups is 1. The van der Waals surface area contributed by atoms with Gasteiger partial charge in [0, 0.05) is 81.2 Å². The SMILES string of the molecule is COc1ccncc1-c1cc(C(=O)Nc2nc3ccc(N4CCC(N5CCN(C)CC5)CC4)cc3n2[C@H]2CC[C@@H](O)CC2)ccn1. The van der Waals surface area contributed by atoms with Gasteiger partial charge in [0.25, 0.3) is 5.91 Å². The summed E-state index contributed by atoms with van der Waals surface area (Å²) in [6.45, 7) is 6.69. The van der Waals surface area contributed by atoms with Gasteiger partial charge in [0.05, 0.1) is 35.5 Å². The number of hydrogen-bond donors (Lipinski definition) is 2. The van der Waals surface area contributed by atoms with Crippen molar-refractivity contribution in [2.75, 3.05) is 63.6 Å². The van der Waals surface area contributed by atoms with Crippen LogP contribution in [0.25, 0.3) is 22.3 Å². The molecule has 11 nitrogen and oxygen atoms in total. The Balaban J connectivity index is 1.14. The minimum absolute atomic E-state index is 0.134. The molecule has 0 bridgehead atoms. The molecule has 7 rings (SSSR count). The van der Waals surface area contributed by atoms with Crippen molar-refractivity contribution >= 4 is 28.6 Å². The van der Waals surface area contributed by atoms with E-state index >= 15 is 0 Å². The molecular weight excluding hydrogens is 580 g/mol. The second-order valence-electron chi connectivity index (χ2n) is 13.0. The molecule has 2 aliphatic heterocycles. The minimum Gasteiger partial charge on any atom is -0.496 e. The van der Waals surface area contributed by atoms with Crippen molar-refractivity contribution in [1.82, 2.24) is 29.3 Å². The second kappa shape index (κ2) is 13.4. The summed E-state index contributed by atoms with van der Waals surface area (Å²) in [5.41, 5.74) is 4.86. The van der Waals surface area contributed by atoms with Crippen molar-refractivity contribution in [2.24, 2.45) is 0 Å². The van der Waals surface area contributed by atoms with Crippen LogP contribution in [0.4, 0.5) is 11.6 Å². The number of aliphatic hydroxyl groups excluding tert-OH is 1. The fourth-order valence-corrected chi connectivity index (χ4v) is 7.37. The number of amides is 1. The van der Waals surface area contributed by atoms with E-state index < -0.39 is 0 Å². The number of pyridine rings is 2. The highest BCUT2D eigenvalue weighted by Crippen LogP contribution is 2.37. The molecule has 3 aliphatic rings. The number of nitrogens with zero attached hydrogens (tertiary/aromatic N) is 7. The monoisotopic (exact) mass is 624 g/mol. The molecule has 2 N–H and O–H groups in total. The molecule has 242 valence electrons. The van der Waals surface area contributed by atoms with Gasteiger partial charge in [-0.25, -0.2) is 4.98 Å². The fourth-order valence-electron chi connectivity index (χ4n) is 7.37. The number of benzene rings is 1. The fraction of sp³-hybridized carbons (Fsp3) is 0.486. The Labute approximate surface area is 270 Å². The Hall–Kier alpha value is -4.06. The van der Waals surface area contributed by atoms with Crippen LogP contribution in [0.1, 0.15) is 54.9 Å². The van der Waals surface area contributed by atoms with E-state index in [-0.39, 0.29) is 18.1 Å². The normalized spacial score (nSPS) is 21.8. The summed E-state index contributed by atoms with van der Waals surface area (Å²) in [7, 11) is 3.82. The number of imidazole rings is 1. The molecule has 5 heterocycles. The van der Waals surface area contributed by atoms with Crippen molar-refractivity contribution in [3.8, 4) is 17.0 Å². The number of aromatic nitrogens is 4. The van der Waals surface area contributed by atoms with E-state index in [1.54, 1.807) is 43.9 Å². The van der Waals surface area contributed by atoms with Crippen molar-refractivity contribution in [3.05, 3.63) is 60.6 Å². The molecule has 0 atom stereocenters. The highest BCUT2D eigenvalue weighted by Gasteiger charge is 2.29. The number of carbonyl (C=O) groups excluding carboxylic acids is 1. The topological polar surface area (TPSA) is 112 Å². The summed E-state index contributed by atoms with van der Waals surface area (Å²) >= 11 is 0. The number of piperazine rings is 1. The number of ether oxygens (including phenoxy) is 1. The van der Waals surface area contributed by atoms with E-state index in [1.165, 1.54) is 18.5 Å². The lowest BCUT2D eigenvalue weighted by atomic mass is 9.93. The number of anilines is 2. The second-order valence-corrected chi connectivity index (χ2v) is 13.0. The summed E-state index contributed by atoms with van der Waals surface area (Å²) in [4.78, 5) is 34.9. The van der Waals surface area contributed by atoms with Gasteiger partial charge in [-0.05, 0) is 82.0 Å². The summed E-state index contributed by atoms with van der Waals surface area (Å²) < 4.78 is 7.69. The molecular formula is C35H44N8O3. The third kappa shape index (κ3) is 6.31. The maximum atomic E-state index is 13.7. The summed E-state index contributed by atoms with van der Waals surface area (Å²) in [6, 6.07) is 12.5. The minimum atomic E-state index is -0.277. The van der Waals surface area contributed by atoms with E-state index in [9.17, 15) is 9.90 Å². The molecule has 1 amide bonds. The number of nitrogens with one attached hydrogen (secondary N) is 1. The van der Waals surface area contributed by atoms with Crippen LogP contribution in [0, 0.1) is 0 Å². The first-order chi connectivity index (χ1) is 22.5. The van der Waals surface area contributed by atoms with E-state index in [4.69, 9.17) is 9.72 Å². The van der Waals surface area contributed by atoms with Crippen LogP contribution < -0.4 is 15.0 Å². The van der Waals surface area contributed by atoms with Crippen LogP contribution in [0.2, 0.25) is 0 Å². The van der Waals surface area contributed by atoms with Gasteiger partial charge in [0.15, 0.2) is 0 Å². The standard InChI is InChI=1S/C35H44N8O3/c1-40-17-19-42(20-18-40)25-11-15-41(16-12-25)27-5-8-30-32(22-27)43(26-3-6-28(44)7-4-26)35(38-30)39-34(45)24-9-14-37-31(21-24)29-23-36-13-10-33(29)46-2/h5,8-10,13-14,21-23,25-26,28,44H,3-4,6-7,11-12,15-20H2,1-2H3,(H,38,39,45)/t26-,28+. The molecule has 1 saturated carbocycles. The third-order valence-corrected chi connectivity index (χ3v) is 10.1. The Kier molecular flexibility index (Phi) is 8.88. The van der Waals surface area contributed by atoms with Crippen molar-refractivity contribution in [2.45, 2.75) is 56.7 Å². The predicted molar refractivity (Wildman–Crippen MR) is 180 cm³/mol. The lowest BCUT2D eigenvalue weighted by Crippen LogP contribution is -2.52. The lowest BCUT2D eigenvalue weighted by molar-refractivity contribution is 0.0982. The number of aliphatic hydroxyl groups is 1. The molecule has 11 heteroatoms. The number of piperidine rings is 1. The van der Waals surface area contributed by atoms with Gasteiger partial charge in [0.2, 0.25) is 5.95 Å². The molecule has 2 saturated heterocycles. The van der Waals surface area contributed by atoms with Gasteiger partial charge in [0.1, 0.15) is 5.75 Å². The van der Waals surface area contributed by atoms with Gasteiger partial charge < -0.3 is 24.2 Å². The Morgan fingerprint density at radius 3 is 2.46 bits per heavy atom. The number of rotatable bonds is 7. The van der Waals surface area contributed by atoms with Crippen molar-refractivity contribution in [3.63, 3.8) is 0 Å². The van der Waals surface area contributed by atoms with Crippen molar-refractivity contribution < 1.29 is 14.6 Å². The average molecular weight is 625 g/mol. The maximum absolute atomic E-state index is 13.7. The molecule has 0 radical (unpaired) electrons. The van der Waals surface area contributed by atoms with E-state index in [2.05, 4.69) is 59.8 Å². The van der Waals surface area contributed by atoms with Gasteiger partial charge in [-0.15, -0.1) is 0 Å². The van der Waals surface area contributed by atoms with Crippen LogP contribution in [-0.4, -0.2) is 106 Å². The Morgan fingerprint density at radius 2 is 1.70 bits per heavy atom. The Morgan fingerprint density at radius 1 is 0.913 bits per heavy atom. The third-order valence-electron chi connectivity index (χ3n) is 10.1. The quantitative estimate of drug-likeness (QED) is 0.308. The average Bonchev–Trinajstić information content (AvgIpc) is 3.46. The number of methoxy groups -OCH3 is 1. The van der Waals surface area contributed by atoms with Gasteiger partial charge in [-0.2, -0.15) is 0 Å². The maximum Gasteiger partial charge on any atom is 0.258 e. The van der Waals surface area contributed by atoms with E-state index in [1.807, 2.05) is 0 Å². The van der Waals surface area contributed by atoms with Crippen LogP contribution >= 0.6 is 0 Å². The predicted octanol–water partition coefficient (Wildman–Crippen LogP) is 4.45. The zero-order chi connectivity index (χ0) is 31.6. The van der Waals surface area contributed by atoms with E-state index in [0.29, 0.717) is 34.6 Å². The zero-order valence-electron chi connectivity index (χ0n) is 26.8. The molecule has 3 fully saturated rings. The molecule has 0 spiro atoms. The number of hydrogen-bond acceptors (Lipinski definition) is 9. The molecule has 1 aliphatic carbocycles. The number of likely N-dealkylation sites (N-methyl/N-ethyl adjacent to an activating group) is 1. The summed E-state index contributed by atoms with van der Waals surface area (Å²) in [6.07, 6.45) is 10.2. The largest absolute Gasteiger partial charge is 0.496 e. The smallest absolute Gasteiger partial charge is 0.258 e. The summed E-state index contributed by atoms with van der Waals surface area (Å²) in [5, 5.41) is 13.4. The van der Waals surface area contributed by atoms with Gasteiger partial charge in [-0.3, -0.25) is 25.0 Å². The lowest BCUT2D eigenvalue weighted by Gasteiger charge is -2.42. The van der Waals surface area contributed by atoms with Gasteiger partial charge >= 0.3 is 0 Å². The molecule has 3 aromatic heterocycles. The van der Waals surface area contributed by atoms with Crippen LogP contribution in [0.5, 0.6) is 5.75 Å². The van der Waals surface area contributed by atoms with Crippen molar-refractivity contribution in [1.29, 1.82) is 0 Å². The van der Waals surface area contributed by atoms with E-state index in [0.717, 1.165) is 76.0 Å². The first-order valence-corrected chi connectivity index (χ1v) is 16.6. The number of fused-ring (bicyclic) bond motifs is 1. The Bertz CT molecular complexity index is 1670. The molecule has 1 aromatic carbocycles. The highest BCUT2D eigenvalue weighted by molar-refractivity contribution is 6.04. The highest BCUT2D eigenvalue weighted by atomic mass is 16.5. The first kappa shape index (κ1) is 30.6. The molecule has 0 unspecified atom stereocenters. The van der Waals surface area contributed by atoms with Gasteiger partial charge in [-0.1, -0.05) is 0 Å². The first-order valence-electron chi connectivity index (χ1n) is 16.6. The summed E-state index contributed by atoms with van der Waals surface area (Å²) in [5.74, 6) is 0.912. The molecule has 46 heavy (non-hydrogen) atoms. The molecule has 4 aromatic rings. The van der Waals surface area contributed by atoms with Crippen LogP contribution in [0.3, 0.4) is 0 Å². The zero-order valence-corrected chi connectivity index (χ0v) is 26.8. The van der Waals surface area contributed by atoms with Crippen LogP contribution in [-0.2, 0) is 0 Å².